The maximum atomic E-state index is 11.7. The summed E-state index contributed by atoms with van der Waals surface area (Å²) < 4.78 is 5.25. The van der Waals surface area contributed by atoms with Crippen LogP contribution in [0.25, 0.3) is 0 Å². The molecule has 0 atom stereocenters. The van der Waals surface area contributed by atoms with Crippen molar-refractivity contribution < 1.29 is 14.5 Å². The SMILES string of the molecule is O=C(NCCCN1CCOCC1)c1cc([N+](=O)[O-])[nH]n1. The fraction of sp³-hybridized carbons (Fsp3) is 0.636. The van der Waals surface area contributed by atoms with Crippen molar-refractivity contribution in [1.29, 1.82) is 0 Å². The number of amides is 1. The second-order valence-corrected chi connectivity index (χ2v) is 4.46. The molecule has 20 heavy (non-hydrogen) atoms. The smallest absolute Gasteiger partial charge is 0.343 e. The Kier molecular flexibility index (Phi) is 5.02. The third-order valence-corrected chi connectivity index (χ3v) is 3.03. The van der Waals surface area contributed by atoms with E-state index >= 15 is 0 Å². The quantitative estimate of drug-likeness (QED) is 0.423. The molecule has 0 unspecified atom stereocenters. The van der Waals surface area contributed by atoms with Crippen molar-refractivity contribution in [2.45, 2.75) is 6.42 Å². The molecule has 2 rings (SSSR count). The van der Waals surface area contributed by atoms with E-state index in [-0.39, 0.29) is 11.5 Å². The first-order chi connectivity index (χ1) is 9.66. The molecule has 0 aliphatic carbocycles. The Labute approximate surface area is 115 Å². The highest BCUT2D eigenvalue weighted by molar-refractivity contribution is 5.92. The summed E-state index contributed by atoms with van der Waals surface area (Å²) in [5, 5.41) is 18.9. The number of morpholine rings is 1. The van der Waals surface area contributed by atoms with Crippen molar-refractivity contribution in [3.8, 4) is 0 Å². The van der Waals surface area contributed by atoms with Crippen LogP contribution in [0, 0.1) is 10.1 Å². The van der Waals surface area contributed by atoms with Crippen LogP contribution in [0.5, 0.6) is 0 Å². The van der Waals surface area contributed by atoms with Gasteiger partial charge in [-0.1, -0.05) is 5.10 Å². The monoisotopic (exact) mass is 283 g/mol. The molecule has 0 spiro atoms. The average molecular weight is 283 g/mol. The zero-order chi connectivity index (χ0) is 14.4. The Morgan fingerprint density at radius 1 is 1.55 bits per heavy atom. The number of ether oxygens (including phenoxy) is 1. The lowest BCUT2D eigenvalue weighted by molar-refractivity contribution is -0.389. The molecule has 1 aliphatic heterocycles. The molecule has 1 aliphatic rings. The molecule has 1 fully saturated rings. The Morgan fingerprint density at radius 3 is 2.95 bits per heavy atom. The Hall–Kier alpha value is -2.00. The molecule has 2 N–H and O–H groups in total. The van der Waals surface area contributed by atoms with Gasteiger partial charge in [-0.25, -0.2) is 0 Å². The number of H-pyrrole nitrogens is 1. The first kappa shape index (κ1) is 14.4. The number of aromatic nitrogens is 2. The van der Waals surface area contributed by atoms with E-state index in [1.54, 1.807) is 0 Å². The first-order valence-corrected chi connectivity index (χ1v) is 6.45. The maximum absolute atomic E-state index is 11.7. The number of aromatic amines is 1. The molecular formula is C11H17N5O4. The molecule has 0 radical (unpaired) electrons. The molecule has 0 bridgehead atoms. The Morgan fingerprint density at radius 2 is 2.30 bits per heavy atom. The van der Waals surface area contributed by atoms with Crippen molar-refractivity contribution >= 4 is 11.7 Å². The number of hydrogen-bond donors (Lipinski definition) is 2. The standard InChI is InChI=1S/C11H17N5O4/c17-11(9-8-10(14-13-9)16(18)19)12-2-1-3-15-4-6-20-7-5-15/h8H,1-7H2,(H,12,17)(H,13,14). The number of rotatable bonds is 6. The summed E-state index contributed by atoms with van der Waals surface area (Å²) in [5.41, 5.74) is 0.0306. The molecule has 2 heterocycles. The zero-order valence-electron chi connectivity index (χ0n) is 11.0. The second-order valence-electron chi connectivity index (χ2n) is 4.46. The van der Waals surface area contributed by atoms with Gasteiger partial charge in [0.15, 0.2) is 5.69 Å². The molecule has 1 saturated heterocycles. The van der Waals surface area contributed by atoms with Crippen LogP contribution < -0.4 is 5.32 Å². The van der Waals surface area contributed by atoms with Crippen molar-refractivity contribution in [3.05, 3.63) is 21.9 Å². The zero-order valence-corrected chi connectivity index (χ0v) is 11.0. The van der Waals surface area contributed by atoms with Crippen LogP contribution in [0.4, 0.5) is 5.82 Å². The van der Waals surface area contributed by atoms with Gasteiger partial charge in [0.1, 0.15) is 0 Å². The number of carbonyl (C=O) groups is 1. The van der Waals surface area contributed by atoms with Crippen LogP contribution in [0.15, 0.2) is 6.07 Å². The summed E-state index contributed by atoms with van der Waals surface area (Å²) in [4.78, 5) is 23.8. The summed E-state index contributed by atoms with van der Waals surface area (Å²) in [6.45, 7) is 4.74. The minimum absolute atomic E-state index is 0.0306. The highest BCUT2D eigenvalue weighted by Crippen LogP contribution is 2.07. The molecule has 1 amide bonds. The lowest BCUT2D eigenvalue weighted by Gasteiger charge is -2.26. The third kappa shape index (κ3) is 4.00. The highest BCUT2D eigenvalue weighted by Gasteiger charge is 2.16. The molecule has 9 nitrogen and oxygen atoms in total. The number of nitrogens with zero attached hydrogens (tertiary/aromatic N) is 3. The number of hydrogen-bond acceptors (Lipinski definition) is 6. The second kappa shape index (κ2) is 6.96. The van der Waals surface area contributed by atoms with Gasteiger partial charge in [-0.3, -0.25) is 9.69 Å². The predicted octanol–water partition coefficient (Wildman–Crippen LogP) is -0.230. The molecule has 110 valence electrons. The van der Waals surface area contributed by atoms with Gasteiger partial charge in [-0.15, -0.1) is 5.10 Å². The summed E-state index contributed by atoms with van der Waals surface area (Å²) in [5.74, 6) is -0.695. The van der Waals surface area contributed by atoms with Gasteiger partial charge in [-0.05, 0) is 17.9 Å². The largest absolute Gasteiger partial charge is 0.379 e. The van der Waals surface area contributed by atoms with Crippen molar-refractivity contribution in [1.82, 2.24) is 20.4 Å². The van der Waals surface area contributed by atoms with E-state index in [9.17, 15) is 14.9 Å². The minimum atomic E-state index is -0.623. The first-order valence-electron chi connectivity index (χ1n) is 6.45. The summed E-state index contributed by atoms with van der Waals surface area (Å²) in [7, 11) is 0. The number of carbonyl (C=O) groups excluding carboxylic acids is 1. The van der Waals surface area contributed by atoms with E-state index in [0.29, 0.717) is 6.54 Å². The van der Waals surface area contributed by atoms with Crippen LogP contribution in [-0.2, 0) is 4.74 Å². The lowest BCUT2D eigenvalue weighted by Crippen LogP contribution is -2.38. The van der Waals surface area contributed by atoms with Gasteiger partial charge < -0.3 is 20.2 Å². The average Bonchev–Trinajstić information content (AvgIpc) is 2.94. The summed E-state index contributed by atoms with van der Waals surface area (Å²) in [6, 6.07) is 1.12. The van der Waals surface area contributed by atoms with E-state index in [0.717, 1.165) is 45.3 Å². The van der Waals surface area contributed by atoms with Gasteiger partial charge >= 0.3 is 5.82 Å². The lowest BCUT2D eigenvalue weighted by atomic mass is 10.3. The molecule has 0 saturated carbocycles. The maximum Gasteiger partial charge on any atom is 0.343 e. The number of nitro groups is 1. The molecule has 0 aromatic carbocycles. The van der Waals surface area contributed by atoms with Gasteiger partial charge in [0.2, 0.25) is 0 Å². The normalized spacial score (nSPS) is 16.0. The van der Waals surface area contributed by atoms with Crippen LogP contribution in [0.3, 0.4) is 0 Å². The van der Waals surface area contributed by atoms with Crippen LogP contribution in [0.1, 0.15) is 16.9 Å². The Bertz CT molecular complexity index is 469. The highest BCUT2D eigenvalue weighted by atomic mass is 16.6. The van der Waals surface area contributed by atoms with Gasteiger partial charge in [0, 0.05) is 19.6 Å². The van der Waals surface area contributed by atoms with Gasteiger partial charge in [0.05, 0.1) is 19.3 Å². The minimum Gasteiger partial charge on any atom is -0.379 e. The fourth-order valence-corrected chi connectivity index (χ4v) is 1.94. The molecule has 9 heteroatoms. The number of nitrogens with one attached hydrogen (secondary N) is 2. The fourth-order valence-electron chi connectivity index (χ4n) is 1.94. The van der Waals surface area contributed by atoms with Gasteiger partial charge in [0.25, 0.3) is 5.91 Å². The van der Waals surface area contributed by atoms with Crippen molar-refractivity contribution in [3.63, 3.8) is 0 Å². The van der Waals surface area contributed by atoms with E-state index in [4.69, 9.17) is 4.74 Å². The van der Waals surface area contributed by atoms with E-state index in [1.807, 2.05) is 0 Å². The topological polar surface area (TPSA) is 113 Å². The van der Waals surface area contributed by atoms with Crippen molar-refractivity contribution in [2.24, 2.45) is 0 Å². The Balaban J connectivity index is 1.67. The van der Waals surface area contributed by atoms with E-state index < -0.39 is 10.8 Å². The van der Waals surface area contributed by atoms with Crippen molar-refractivity contribution in [2.75, 3.05) is 39.4 Å². The van der Waals surface area contributed by atoms with Crippen LogP contribution in [-0.4, -0.2) is 65.3 Å². The van der Waals surface area contributed by atoms with Crippen LogP contribution in [0.2, 0.25) is 0 Å². The predicted molar refractivity (Wildman–Crippen MR) is 69.5 cm³/mol. The van der Waals surface area contributed by atoms with Gasteiger partial charge in [-0.2, -0.15) is 0 Å². The van der Waals surface area contributed by atoms with E-state index in [2.05, 4.69) is 20.4 Å². The third-order valence-electron chi connectivity index (χ3n) is 3.03. The van der Waals surface area contributed by atoms with E-state index in [1.165, 1.54) is 0 Å². The van der Waals surface area contributed by atoms with Crippen LogP contribution >= 0.6 is 0 Å². The molecule has 1 aromatic rings. The summed E-state index contributed by atoms with van der Waals surface area (Å²) in [6.07, 6.45) is 0.818. The molecular weight excluding hydrogens is 266 g/mol. The summed E-state index contributed by atoms with van der Waals surface area (Å²) >= 11 is 0. The molecule has 1 aromatic heterocycles.